The molecule has 25 heavy (non-hydrogen) atoms. The number of anilines is 4. The zero-order valence-corrected chi connectivity index (χ0v) is 13.9. The van der Waals surface area contributed by atoms with Crippen LogP contribution in [-0.2, 0) is 4.79 Å². The minimum atomic E-state index is -0.100. The van der Waals surface area contributed by atoms with Crippen LogP contribution in [0.25, 0.3) is 10.9 Å². The first-order chi connectivity index (χ1) is 12.2. The smallest absolute Gasteiger partial charge is 0.229 e. The van der Waals surface area contributed by atoms with Crippen molar-refractivity contribution in [3.63, 3.8) is 0 Å². The third-order valence-electron chi connectivity index (χ3n) is 3.48. The summed E-state index contributed by atoms with van der Waals surface area (Å²) in [5.41, 5.74) is 2.42. The number of fused-ring (bicyclic) bond motifs is 1. The van der Waals surface area contributed by atoms with Crippen LogP contribution in [0.2, 0.25) is 0 Å². The van der Waals surface area contributed by atoms with E-state index in [2.05, 4.69) is 32.5 Å². The number of aromatic nitrogens is 2. The molecule has 2 aromatic carbocycles. The monoisotopic (exact) mass is 333 g/mol. The molecule has 3 N–H and O–H groups in total. The van der Waals surface area contributed by atoms with Gasteiger partial charge in [-0.2, -0.15) is 4.98 Å². The van der Waals surface area contributed by atoms with Crippen molar-refractivity contribution in [2.24, 2.45) is 0 Å². The van der Waals surface area contributed by atoms with Crippen LogP contribution in [0.15, 0.2) is 61.2 Å². The first-order valence-electron chi connectivity index (χ1n) is 7.92. The van der Waals surface area contributed by atoms with E-state index in [-0.39, 0.29) is 5.91 Å². The molecule has 0 spiro atoms. The Morgan fingerprint density at radius 1 is 1.08 bits per heavy atom. The largest absolute Gasteiger partial charge is 0.366 e. The van der Waals surface area contributed by atoms with Crippen LogP contribution < -0.4 is 16.0 Å². The SMILES string of the molecule is C=CCNc1nc(Nc2ccc(NC(C)=O)cc2)nc2ccccc12. The quantitative estimate of drug-likeness (QED) is 0.596. The van der Waals surface area contributed by atoms with E-state index in [9.17, 15) is 4.79 Å². The molecule has 1 heterocycles. The van der Waals surface area contributed by atoms with Gasteiger partial charge in [-0.3, -0.25) is 4.79 Å². The highest BCUT2D eigenvalue weighted by atomic mass is 16.1. The fourth-order valence-corrected chi connectivity index (χ4v) is 2.41. The molecule has 0 fully saturated rings. The lowest BCUT2D eigenvalue weighted by Gasteiger charge is -2.11. The number of hydrogen-bond acceptors (Lipinski definition) is 5. The van der Waals surface area contributed by atoms with Crippen molar-refractivity contribution in [3.05, 3.63) is 61.2 Å². The number of carbonyl (C=O) groups is 1. The normalized spacial score (nSPS) is 10.3. The average Bonchev–Trinajstić information content (AvgIpc) is 2.61. The van der Waals surface area contributed by atoms with Gasteiger partial charge in [0.05, 0.1) is 5.52 Å². The molecule has 1 amide bonds. The molecule has 0 saturated carbocycles. The molecular weight excluding hydrogens is 314 g/mol. The van der Waals surface area contributed by atoms with Crippen LogP contribution in [0, 0.1) is 0 Å². The van der Waals surface area contributed by atoms with Gasteiger partial charge in [0.1, 0.15) is 5.82 Å². The number of nitrogens with one attached hydrogen (secondary N) is 3. The highest BCUT2D eigenvalue weighted by molar-refractivity contribution is 5.90. The van der Waals surface area contributed by atoms with Crippen LogP contribution in [0.4, 0.5) is 23.1 Å². The van der Waals surface area contributed by atoms with Gasteiger partial charge in [0, 0.05) is 30.2 Å². The summed E-state index contributed by atoms with van der Waals surface area (Å²) in [7, 11) is 0. The fourth-order valence-electron chi connectivity index (χ4n) is 2.41. The Hall–Kier alpha value is -3.41. The van der Waals surface area contributed by atoms with Crippen molar-refractivity contribution in [2.75, 3.05) is 22.5 Å². The first kappa shape index (κ1) is 16.4. The van der Waals surface area contributed by atoms with Crippen LogP contribution in [0.5, 0.6) is 0 Å². The van der Waals surface area contributed by atoms with Crippen molar-refractivity contribution in [3.8, 4) is 0 Å². The van der Waals surface area contributed by atoms with E-state index < -0.39 is 0 Å². The third-order valence-corrected chi connectivity index (χ3v) is 3.48. The number of amides is 1. The van der Waals surface area contributed by atoms with Gasteiger partial charge in [-0.1, -0.05) is 18.2 Å². The molecule has 0 aliphatic heterocycles. The van der Waals surface area contributed by atoms with Crippen molar-refractivity contribution in [2.45, 2.75) is 6.92 Å². The van der Waals surface area contributed by atoms with Crippen molar-refractivity contribution in [1.29, 1.82) is 0 Å². The average molecular weight is 333 g/mol. The molecule has 6 heteroatoms. The molecule has 3 aromatic rings. The number of nitrogens with zero attached hydrogens (tertiary/aromatic N) is 2. The first-order valence-corrected chi connectivity index (χ1v) is 7.92. The van der Waals surface area contributed by atoms with Gasteiger partial charge in [0.2, 0.25) is 11.9 Å². The topological polar surface area (TPSA) is 78.9 Å². The van der Waals surface area contributed by atoms with Gasteiger partial charge in [0.25, 0.3) is 0 Å². The number of benzene rings is 2. The second-order valence-corrected chi connectivity index (χ2v) is 5.47. The predicted molar refractivity (Wildman–Crippen MR) is 102 cm³/mol. The maximum Gasteiger partial charge on any atom is 0.229 e. The molecule has 0 aliphatic carbocycles. The highest BCUT2D eigenvalue weighted by Gasteiger charge is 2.07. The Morgan fingerprint density at radius 3 is 2.52 bits per heavy atom. The molecule has 0 radical (unpaired) electrons. The molecule has 0 aliphatic rings. The summed E-state index contributed by atoms with van der Waals surface area (Å²) in [6.07, 6.45) is 1.78. The van der Waals surface area contributed by atoms with E-state index in [0.29, 0.717) is 12.5 Å². The third kappa shape index (κ3) is 4.11. The van der Waals surface area contributed by atoms with E-state index in [0.717, 1.165) is 28.1 Å². The van der Waals surface area contributed by atoms with E-state index in [4.69, 9.17) is 0 Å². The Morgan fingerprint density at radius 2 is 1.80 bits per heavy atom. The van der Waals surface area contributed by atoms with Gasteiger partial charge in [0.15, 0.2) is 0 Å². The lowest BCUT2D eigenvalue weighted by molar-refractivity contribution is -0.114. The van der Waals surface area contributed by atoms with E-state index in [1.165, 1.54) is 6.92 Å². The summed E-state index contributed by atoms with van der Waals surface area (Å²) >= 11 is 0. The molecule has 0 atom stereocenters. The van der Waals surface area contributed by atoms with Gasteiger partial charge in [-0.05, 0) is 36.4 Å². The standard InChI is InChI=1S/C19H19N5O/c1-3-12-20-18-16-6-4-5-7-17(16)23-19(24-18)22-15-10-8-14(9-11-15)21-13(2)25/h3-11H,1,12H2,2H3,(H,21,25)(H2,20,22,23,24). The summed E-state index contributed by atoms with van der Waals surface area (Å²) in [5, 5.41) is 10.1. The van der Waals surface area contributed by atoms with Gasteiger partial charge >= 0.3 is 0 Å². The summed E-state index contributed by atoms with van der Waals surface area (Å²) in [5.74, 6) is 1.15. The van der Waals surface area contributed by atoms with Crippen molar-refractivity contribution >= 4 is 40.0 Å². The van der Waals surface area contributed by atoms with Crippen molar-refractivity contribution in [1.82, 2.24) is 9.97 Å². The van der Waals surface area contributed by atoms with E-state index >= 15 is 0 Å². The minimum Gasteiger partial charge on any atom is -0.366 e. The molecule has 3 rings (SSSR count). The molecular formula is C19H19N5O. The summed E-state index contributed by atoms with van der Waals surface area (Å²) in [4.78, 5) is 20.2. The van der Waals surface area contributed by atoms with Crippen LogP contribution in [-0.4, -0.2) is 22.4 Å². The van der Waals surface area contributed by atoms with Gasteiger partial charge in [-0.25, -0.2) is 4.98 Å². The molecule has 1 aromatic heterocycles. The minimum absolute atomic E-state index is 0.100. The number of para-hydroxylation sites is 1. The molecule has 0 unspecified atom stereocenters. The zero-order chi connectivity index (χ0) is 17.6. The highest BCUT2D eigenvalue weighted by Crippen LogP contribution is 2.24. The molecule has 6 nitrogen and oxygen atoms in total. The maximum absolute atomic E-state index is 11.1. The Bertz CT molecular complexity index is 905. The maximum atomic E-state index is 11.1. The van der Waals surface area contributed by atoms with Crippen LogP contribution in [0.3, 0.4) is 0 Å². The Balaban J connectivity index is 1.87. The predicted octanol–water partition coefficient (Wildman–Crippen LogP) is 3.93. The zero-order valence-electron chi connectivity index (χ0n) is 13.9. The fraction of sp³-hybridized carbons (Fsp3) is 0.105. The second-order valence-electron chi connectivity index (χ2n) is 5.47. The second kappa shape index (κ2) is 7.44. The Kier molecular flexibility index (Phi) is 4.89. The molecule has 0 bridgehead atoms. The lowest BCUT2D eigenvalue weighted by Crippen LogP contribution is -2.06. The lowest BCUT2D eigenvalue weighted by atomic mass is 10.2. The van der Waals surface area contributed by atoms with Gasteiger partial charge < -0.3 is 16.0 Å². The number of hydrogen-bond donors (Lipinski definition) is 3. The molecule has 126 valence electrons. The summed E-state index contributed by atoms with van der Waals surface area (Å²) in [6.45, 7) is 5.82. The van der Waals surface area contributed by atoms with Gasteiger partial charge in [-0.15, -0.1) is 6.58 Å². The van der Waals surface area contributed by atoms with E-state index in [1.807, 2.05) is 48.5 Å². The Labute approximate surface area is 146 Å². The van der Waals surface area contributed by atoms with Crippen molar-refractivity contribution < 1.29 is 4.79 Å². The van der Waals surface area contributed by atoms with Crippen LogP contribution >= 0.6 is 0 Å². The van der Waals surface area contributed by atoms with Crippen LogP contribution in [0.1, 0.15) is 6.92 Å². The molecule has 0 saturated heterocycles. The summed E-state index contributed by atoms with van der Waals surface area (Å²) in [6, 6.07) is 15.2. The number of rotatable bonds is 6. The summed E-state index contributed by atoms with van der Waals surface area (Å²) < 4.78 is 0. The number of carbonyl (C=O) groups excluding carboxylic acids is 1. The van der Waals surface area contributed by atoms with E-state index in [1.54, 1.807) is 6.08 Å².